The van der Waals surface area contributed by atoms with Gasteiger partial charge >= 0.3 is 0 Å². The molecule has 94 valence electrons. The van der Waals surface area contributed by atoms with Crippen LogP contribution >= 0.6 is 0 Å². The van der Waals surface area contributed by atoms with Crippen LogP contribution in [0.15, 0.2) is 6.07 Å². The first-order valence-electron chi connectivity index (χ1n) is 6.09. The van der Waals surface area contributed by atoms with Crippen LogP contribution in [-0.4, -0.2) is 34.3 Å². The number of aliphatic hydroxyl groups excluding tert-OH is 1. The molecule has 1 aliphatic carbocycles. The average molecular weight is 237 g/mol. The van der Waals surface area contributed by atoms with Crippen molar-refractivity contribution in [1.29, 1.82) is 0 Å². The van der Waals surface area contributed by atoms with Crippen LogP contribution in [0.5, 0.6) is 5.88 Å². The van der Waals surface area contributed by atoms with Crippen LogP contribution in [-0.2, 0) is 0 Å². The summed E-state index contributed by atoms with van der Waals surface area (Å²) < 4.78 is 5.34. The van der Waals surface area contributed by atoms with Crippen molar-refractivity contribution < 1.29 is 9.84 Å². The maximum absolute atomic E-state index is 9.74. The molecule has 0 bridgehead atoms. The van der Waals surface area contributed by atoms with E-state index in [1.165, 1.54) is 0 Å². The molecule has 0 radical (unpaired) electrons. The maximum Gasteiger partial charge on any atom is 0.226 e. The molecule has 0 spiro atoms. The largest absolute Gasteiger partial charge is 0.478 e. The van der Waals surface area contributed by atoms with Crippen molar-refractivity contribution in [2.45, 2.75) is 32.8 Å². The molecular formula is C12H19N3O2. The van der Waals surface area contributed by atoms with Crippen LogP contribution < -0.4 is 10.1 Å². The fraction of sp³-hybridized carbons (Fsp3) is 0.667. The number of aliphatic hydroxyl groups is 1. The fourth-order valence-electron chi connectivity index (χ4n) is 1.68. The van der Waals surface area contributed by atoms with Gasteiger partial charge < -0.3 is 15.2 Å². The van der Waals surface area contributed by atoms with Crippen LogP contribution in [0.2, 0.25) is 0 Å². The molecule has 0 amide bonds. The highest BCUT2D eigenvalue weighted by Gasteiger charge is 2.29. The Kier molecular flexibility index (Phi) is 3.78. The van der Waals surface area contributed by atoms with E-state index in [1.54, 1.807) is 6.07 Å². The predicted molar refractivity (Wildman–Crippen MR) is 65.2 cm³/mol. The van der Waals surface area contributed by atoms with Crippen molar-refractivity contribution in [3.05, 3.63) is 11.8 Å². The van der Waals surface area contributed by atoms with Gasteiger partial charge in [-0.25, -0.2) is 4.98 Å². The lowest BCUT2D eigenvalue weighted by molar-refractivity contribution is 0.164. The Hall–Kier alpha value is -1.36. The lowest BCUT2D eigenvalue weighted by Crippen LogP contribution is -2.22. The topological polar surface area (TPSA) is 67.3 Å². The molecule has 5 heteroatoms. The Morgan fingerprint density at radius 2 is 2.29 bits per heavy atom. The number of hydrogen-bond acceptors (Lipinski definition) is 5. The van der Waals surface area contributed by atoms with Crippen LogP contribution in [0.4, 0.5) is 5.95 Å². The van der Waals surface area contributed by atoms with Gasteiger partial charge in [-0.2, -0.15) is 4.98 Å². The SMILES string of the molecule is CCOc1cc(C)nc(NCC(O)C2CC2)n1. The molecule has 0 saturated heterocycles. The minimum absolute atomic E-state index is 0.297. The number of ether oxygens (including phenoxy) is 1. The number of aryl methyl sites for hydroxylation is 1. The van der Waals surface area contributed by atoms with Crippen molar-refractivity contribution in [3.8, 4) is 5.88 Å². The van der Waals surface area contributed by atoms with E-state index in [0.29, 0.717) is 30.9 Å². The average Bonchev–Trinajstić information content (AvgIpc) is 3.09. The molecule has 1 aliphatic rings. The summed E-state index contributed by atoms with van der Waals surface area (Å²) in [5, 5.41) is 12.8. The molecular weight excluding hydrogens is 218 g/mol. The van der Waals surface area contributed by atoms with Gasteiger partial charge in [-0.15, -0.1) is 0 Å². The molecule has 1 aromatic rings. The Labute approximate surface area is 101 Å². The summed E-state index contributed by atoms with van der Waals surface area (Å²) in [7, 11) is 0. The standard InChI is InChI=1S/C12H19N3O2/c1-3-17-11-6-8(2)14-12(15-11)13-7-10(16)9-4-5-9/h6,9-10,16H,3-5,7H2,1-2H3,(H,13,14,15). The summed E-state index contributed by atoms with van der Waals surface area (Å²) in [4.78, 5) is 8.47. The zero-order chi connectivity index (χ0) is 12.3. The van der Waals surface area contributed by atoms with Crippen molar-refractivity contribution >= 4 is 5.95 Å². The van der Waals surface area contributed by atoms with E-state index in [9.17, 15) is 5.11 Å². The first kappa shape index (κ1) is 12.1. The summed E-state index contributed by atoms with van der Waals surface area (Å²) >= 11 is 0. The van der Waals surface area contributed by atoms with E-state index in [2.05, 4.69) is 15.3 Å². The van der Waals surface area contributed by atoms with Crippen molar-refractivity contribution in [2.75, 3.05) is 18.5 Å². The molecule has 17 heavy (non-hydrogen) atoms. The van der Waals surface area contributed by atoms with Gasteiger partial charge in [0.1, 0.15) is 0 Å². The van der Waals surface area contributed by atoms with Crippen LogP contribution in [0, 0.1) is 12.8 Å². The normalized spacial score (nSPS) is 16.6. The second kappa shape index (κ2) is 5.31. The Balaban J connectivity index is 1.94. The second-order valence-corrected chi connectivity index (χ2v) is 4.39. The van der Waals surface area contributed by atoms with Gasteiger partial charge in [-0.3, -0.25) is 0 Å². The monoisotopic (exact) mass is 237 g/mol. The summed E-state index contributed by atoms with van der Waals surface area (Å²) in [6.07, 6.45) is 1.96. The molecule has 2 rings (SSSR count). The fourth-order valence-corrected chi connectivity index (χ4v) is 1.68. The maximum atomic E-state index is 9.74. The molecule has 1 saturated carbocycles. The lowest BCUT2D eigenvalue weighted by Gasteiger charge is -2.11. The van der Waals surface area contributed by atoms with E-state index in [-0.39, 0.29) is 6.10 Å². The van der Waals surface area contributed by atoms with Gasteiger partial charge in [-0.05, 0) is 32.6 Å². The van der Waals surface area contributed by atoms with E-state index in [1.807, 2.05) is 13.8 Å². The molecule has 1 fully saturated rings. The summed E-state index contributed by atoms with van der Waals surface area (Å²) in [6, 6.07) is 1.80. The number of aromatic nitrogens is 2. The highest BCUT2D eigenvalue weighted by Crippen LogP contribution is 2.32. The summed E-state index contributed by atoms with van der Waals surface area (Å²) in [6.45, 7) is 4.90. The zero-order valence-corrected chi connectivity index (χ0v) is 10.3. The minimum atomic E-state index is -0.297. The van der Waals surface area contributed by atoms with Crippen molar-refractivity contribution in [2.24, 2.45) is 5.92 Å². The van der Waals surface area contributed by atoms with Gasteiger partial charge in [0.15, 0.2) is 0 Å². The van der Waals surface area contributed by atoms with Gasteiger partial charge in [0.25, 0.3) is 0 Å². The van der Waals surface area contributed by atoms with E-state index in [0.717, 1.165) is 18.5 Å². The molecule has 1 aromatic heterocycles. The van der Waals surface area contributed by atoms with Crippen molar-refractivity contribution in [3.63, 3.8) is 0 Å². The minimum Gasteiger partial charge on any atom is -0.478 e. The smallest absolute Gasteiger partial charge is 0.226 e. The number of nitrogens with one attached hydrogen (secondary N) is 1. The number of hydrogen-bond donors (Lipinski definition) is 2. The van der Waals surface area contributed by atoms with Gasteiger partial charge in [0, 0.05) is 18.3 Å². The van der Waals surface area contributed by atoms with E-state index >= 15 is 0 Å². The van der Waals surface area contributed by atoms with Crippen LogP contribution in [0.1, 0.15) is 25.5 Å². The van der Waals surface area contributed by atoms with Gasteiger partial charge in [0.05, 0.1) is 12.7 Å². The molecule has 0 aliphatic heterocycles. The highest BCUT2D eigenvalue weighted by atomic mass is 16.5. The number of rotatable bonds is 6. The second-order valence-electron chi connectivity index (χ2n) is 4.39. The predicted octanol–water partition coefficient (Wildman–Crippen LogP) is 1.37. The highest BCUT2D eigenvalue weighted by molar-refractivity contribution is 5.30. The number of anilines is 1. The quantitative estimate of drug-likeness (QED) is 0.782. The molecule has 5 nitrogen and oxygen atoms in total. The molecule has 1 atom stereocenters. The number of nitrogens with zero attached hydrogens (tertiary/aromatic N) is 2. The lowest BCUT2D eigenvalue weighted by atomic mass is 10.2. The molecule has 1 unspecified atom stereocenters. The Morgan fingerprint density at radius 1 is 1.53 bits per heavy atom. The van der Waals surface area contributed by atoms with Crippen LogP contribution in [0.25, 0.3) is 0 Å². The first-order valence-corrected chi connectivity index (χ1v) is 6.09. The molecule has 2 N–H and O–H groups in total. The van der Waals surface area contributed by atoms with E-state index < -0.39 is 0 Å². The third kappa shape index (κ3) is 3.56. The van der Waals surface area contributed by atoms with Crippen LogP contribution in [0.3, 0.4) is 0 Å². The van der Waals surface area contributed by atoms with Gasteiger partial charge in [-0.1, -0.05) is 0 Å². The summed E-state index contributed by atoms with van der Waals surface area (Å²) in [5.74, 6) is 1.55. The Bertz CT molecular complexity index is 380. The van der Waals surface area contributed by atoms with Gasteiger partial charge in [0.2, 0.25) is 11.8 Å². The molecule has 1 heterocycles. The third-order valence-corrected chi connectivity index (χ3v) is 2.76. The van der Waals surface area contributed by atoms with Crippen molar-refractivity contribution in [1.82, 2.24) is 9.97 Å². The van der Waals surface area contributed by atoms with E-state index in [4.69, 9.17) is 4.74 Å². The summed E-state index contributed by atoms with van der Waals surface area (Å²) in [5.41, 5.74) is 0.854. The third-order valence-electron chi connectivity index (χ3n) is 2.76. The first-order chi connectivity index (χ1) is 8.19. The zero-order valence-electron chi connectivity index (χ0n) is 10.3. The Morgan fingerprint density at radius 3 is 2.94 bits per heavy atom. The molecule has 0 aromatic carbocycles.